The van der Waals surface area contributed by atoms with Crippen molar-refractivity contribution in [1.29, 1.82) is 0 Å². The molecule has 5 heteroatoms. The number of amides is 1. The minimum absolute atomic E-state index is 0.0137. The van der Waals surface area contributed by atoms with Gasteiger partial charge in [-0.05, 0) is 19.1 Å². The standard InChI is InChI=1S/C22H22N4O/c1-17-20(16-23-21(24-17)18-8-4-2-5-9-18)22(27)26-14-12-25(13-15-26)19-10-6-3-7-11-19/h2-11,16H,12-15H2,1H3. The van der Waals surface area contributed by atoms with E-state index in [2.05, 4.69) is 27.0 Å². The highest BCUT2D eigenvalue weighted by Gasteiger charge is 2.24. The van der Waals surface area contributed by atoms with Gasteiger partial charge in [0.1, 0.15) is 0 Å². The molecule has 3 aromatic rings. The van der Waals surface area contributed by atoms with E-state index < -0.39 is 0 Å². The van der Waals surface area contributed by atoms with E-state index in [9.17, 15) is 4.79 Å². The average Bonchev–Trinajstić information content (AvgIpc) is 2.74. The first-order valence-electron chi connectivity index (χ1n) is 9.21. The second-order valence-corrected chi connectivity index (χ2v) is 6.67. The number of hydrogen-bond donors (Lipinski definition) is 0. The first kappa shape index (κ1) is 17.2. The maximum Gasteiger partial charge on any atom is 0.257 e. The number of rotatable bonds is 3. The fourth-order valence-corrected chi connectivity index (χ4v) is 3.38. The first-order valence-corrected chi connectivity index (χ1v) is 9.21. The summed E-state index contributed by atoms with van der Waals surface area (Å²) in [7, 11) is 0. The summed E-state index contributed by atoms with van der Waals surface area (Å²) >= 11 is 0. The van der Waals surface area contributed by atoms with Crippen molar-refractivity contribution in [3.63, 3.8) is 0 Å². The van der Waals surface area contributed by atoms with Crippen LogP contribution in [0.25, 0.3) is 11.4 Å². The molecule has 5 nitrogen and oxygen atoms in total. The zero-order valence-corrected chi connectivity index (χ0v) is 15.4. The third kappa shape index (κ3) is 3.67. The predicted octanol–water partition coefficient (Wildman–Crippen LogP) is 3.41. The molecule has 1 fully saturated rings. The van der Waals surface area contributed by atoms with Gasteiger partial charge in [0.25, 0.3) is 5.91 Å². The number of aryl methyl sites for hydroxylation is 1. The van der Waals surface area contributed by atoms with Gasteiger partial charge >= 0.3 is 0 Å². The topological polar surface area (TPSA) is 49.3 Å². The fourth-order valence-electron chi connectivity index (χ4n) is 3.38. The molecular formula is C22H22N4O. The van der Waals surface area contributed by atoms with Gasteiger partial charge in [0, 0.05) is 43.6 Å². The highest BCUT2D eigenvalue weighted by atomic mass is 16.2. The second kappa shape index (κ2) is 7.58. The van der Waals surface area contributed by atoms with Crippen LogP contribution < -0.4 is 4.90 Å². The fraction of sp³-hybridized carbons (Fsp3) is 0.227. The number of carbonyl (C=O) groups is 1. The number of nitrogens with zero attached hydrogens (tertiary/aromatic N) is 4. The summed E-state index contributed by atoms with van der Waals surface area (Å²) in [6, 6.07) is 20.1. The minimum Gasteiger partial charge on any atom is -0.368 e. The van der Waals surface area contributed by atoms with E-state index in [0.717, 1.165) is 24.3 Å². The van der Waals surface area contributed by atoms with E-state index >= 15 is 0 Å². The molecule has 27 heavy (non-hydrogen) atoms. The van der Waals surface area contributed by atoms with Crippen LogP contribution in [-0.2, 0) is 0 Å². The molecule has 0 atom stereocenters. The average molecular weight is 358 g/mol. The first-order chi connectivity index (χ1) is 13.2. The quantitative estimate of drug-likeness (QED) is 0.720. The minimum atomic E-state index is 0.0137. The van der Waals surface area contributed by atoms with Crippen LogP contribution in [0.2, 0.25) is 0 Å². The predicted molar refractivity (Wildman–Crippen MR) is 107 cm³/mol. The van der Waals surface area contributed by atoms with Crippen LogP contribution in [0.4, 0.5) is 5.69 Å². The van der Waals surface area contributed by atoms with Gasteiger partial charge in [-0.25, -0.2) is 9.97 Å². The molecule has 2 heterocycles. The van der Waals surface area contributed by atoms with Crippen LogP contribution in [0.3, 0.4) is 0 Å². The van der Waals surface area contributed by atoms with Crippen LogP contribution >= 0.6 is 0 Å². The Morgan fingerprint density at radius 3 is 2.15 bits per heavy atom. The van der Waals surface area contributed by atoms with Crippen LogP contribution in [-0.4, -0.2) is 47.0 Å². The van der Waals surface area contributed by atoms with Gasteiger partial charge in [-0.15, -0.1) is 0 Å². The zero-order chi connectivity index (χ0) is 18.6. The lowest BCUT2D eigenvalue weighted by atomic mass is 10.1. The number of anilines is 1. The Hall–Kier alpha value is -3.21. The van der Waals surface area contributed by atoms with Crippen LogP contribution in [0.1, 0.15) is 16.1 Å². The molecule has 0 N–H and O–H groups in total. The third-order valence-corrected chi connectivity index (χ3v) is 4.93. The number of carbonyl (C=O) groups excluding carboxylic acids is 1. The molecule has 1 aromatic heterocycles. The summed E-state index contributed by atoms with van der Waals surface area (Å²) in [4.78, 5) is 26.1. The summed E-state index contributed by atoms with van der Waals surface area (Å²) in [6.45, 7) is 4.94. The smallest absolute Gasteiger partial charge is 0.257 e. The van der Waals surface area contributed by atoms with Crippen LogP contribution in [0.15, 0.2) is 66.9 Å². The molecule has 136 valence electrons. The molecule has 0 spiro atoms. The highest BCUT2D eigenvalue weighted by molar-refractivity contribution is 5.95. The van der Waals surface area contributed by atoms with Crippen molar-refractivity contribution in [3.05, 3.63) is 78.1 Å². The number of piperazine rings is 1. The van der Waals surface area contributed by atoms with Crippen molar-refractivity contribution in [1.82, 2.24) is 14.9 Å². The molecule has 0 unspecified atom stereocenters. The molecule has 1 aliphatic heterocycles. The van der Waals surface area contributed by atoms with Crippen molar-refractivity contribution >= 4 is 11.6 Å². The van der Waals surface area contributed by atoms with Gasteiger partial charge in [0.05, 0.1) is 11.3 Å². The van der Waals surface area contributed by atoms with Gasteiger partial charge in [0.15, 0.2) is 5.82 Å². The van der Waals surface area contributed by atoms with Crippen molar-refractivity contribution in [2.45, 2.75) is 6.92 Å². The normalized spacial score (nSPS) is 14.3. The SMILES string of the molecule is Cc1nc(-c2ccccc2)ncc1C(=O)N1CCN(c2ccccc2)CC1. The van der Waals surface area contributed by atoms with Crippen LogP contribution in [0, 0.1) is 6.92 Å². The Bertz CT molecular complexity index is 920. The molecule has 1 amide bonds. The lowest BCUT2D eigenvalue weighted by molar-refractivity contribution is 0.0745. The lowest BCUT2D eigenvalue weighted by Crippen LogP contribution is -2.49. The molecular weight excluding hydrogens is 336 g/mol. The lowest BCUT2D eigenvalue weighted by Gasteiger charge is -2.36. The molecule has 2 aromatic carbocycles. The Kier molecular flexibility index (Phi) is 4.83. The maximum absolute atomic E-state index is 12.9. The third-order valence-electron chi connectivity index (χ3n) is 4.93. The summed E-state index contributed by atoms with van der Waals surface area (Å²) in [5.74, 6) is 0.665. The van der Waals surface area contributed by atoms with Crippen molar-refractivity contribution in [2.24, 2.45) is 0 Å². The van der Waals surface area contributed by atoms with Gasteiger partial charge in [-0.2, -0.15) is 0 Å². The number of para-hydroxylation sites is 1. The summed E-state index contributed by atoms with van der Waals surface area (Å²) < 4.78 is 0. The Labute approximate surface area is 159 Å². The van der Waals surface area contributed by atoms with Gasteiger partial charge < -0.3 is 9.80 Å². The van der Waals surface area contributed by atoms with Gasteiger partial charge in [-0.1, -0.05) is 48.5 Å². The van der Waals surface area contributed by atoms with E-state index in [0.29, 0.717) is 24.5 Å². The maximum atomic E-state index is 12.9. The summed E-state index contributed by atoms with van der Waals surface area (Å²) in [6.07, 6.45) is 1.66. The molecule has 1 aliphatic rings. The number of hydrogen-bond acceptors (Lipinski definition) is 4. The highest BCUT2D eigenvalue weighted by Crippen LogP contribution is 2.19. The van der Waals surface area contributed by atoms with Gasteiger partial charge in [0.2, 0.25) is 0 Å². The summed E-state index contributed by atoms with van der Waals surface area (Å²) in [5, 5.41) is 0. The molecule has 0 bridgehead atoms. The largest absolute Gasteiger partial charge is 0.368 e. The molecule has 0 radical (unpaired) electrons. The van der Waals surface area contributed by atoms with Crippen LogP contribution in [0.5, 0.6) is 0 Å². The van der Waals surface area contributed by atoms with E-state index in [1.165, 1.54) is 5.69 Å². The van der Waals surface area contributed by atoms with E-state index in [1.807, 2.05) is 60.4 Å². The Morgan fingerprint density at radius 2 is 1.52 bits per heavy atom. The molecule has 4 rings (SSSR count). The monoisotopic (exact) mass is 358 g/mol. The summed E-state index contributed by atoms with van der Waals surface area (Å²) in [5.41, 5.74) is 3.47. The Balaban J connectivity index is 1.46. The van der Waals surface area contributed by atoms with Crippen molar-refractivity contribution in [2.75, 3.05) is 31.1 Å². The zero-order valence-electron chi connectivity index (χ0n) is 15.4. The second-order valence-electron chi connectivity index (χ2n) is 6.67. The molecule has 1 saturated heterocycles. The van der Waals surface area contributed by atoms with Gasteiger partial charge in [-0.3, -0.25) is 4.79 Å². The molecule has 0 aliphatic carbocycles. The van der Waals surface area contributed by atoms with Crippen molar-refractivity contribution in [3.8, 4) is 11.4 Å². The van der Waals surface area contributed by atoms with E-state index in [1.54, 1.807) is 6.20 Å². The number of aromatic nitrogens is 2. The van der Waals surface area contributed by atoms with E-state index in [-0.39, 0.29) is 5.91 Å². The van der Waals surface area contributed by atoms with E-state index in [4.69, 9.17) is 0 Å². The van der Waals surface area contributed by atoms with Crippen molar-refractivity contribution < 1.29 is 4.79 Å². The number of benzene rings is 2. The Morgan fingerprint density at radius 1 is 0.889 bits per heavy atom. The molecule has 0 saturated carbocycles.